The first-order chi connectivity index (χ1) is 11.5. The summed E-state index contributed by atoms with van der Waals surface area (Å²) in [6.45, 7) is 6.14. The highest BCUT2D eigenvalue weighted by atomic mass is 16.2. The van der Waals surface area contributed by atoms with Crippen LogP contribution in [0.5, 0.6) is 0 Å². The zero-order chi connectivity index (χ0) is 17.5. The molecular weight excluding hydrogens is 300 g/mol. The van der Waals surface area contributed by atoms with Gasteiger partial charge in [-0.25, -0.2) is 0 Å². The smallest absolute Gasteiger partial charge is 0.251 e. The average Bonchev–Trinajstić information content (AvgIpc) is 2.58. The zero-order valence-corrected chi connectivity index (χ0v) is 14.4. The van der Waals surface area contributed by atoms with Crippen LogP contribution in [0.3, 0.4) is 0 Å². The molecule has 0 saturated heterocycles. The van der Waals surface area contributed by atoms with Gasteiger partial charge in [-0.05, 0) is 29.2 Å². The van der Waals surface area contributed by atoms with Crippen LogP contribution in [0.2, 0.25) is 0 Å². The number of hydrogen-bond donors (Lipinski definition) is 2. The molecule has 0 radical (unpaired) electrons. The minimum Gasteiger partial charge on any atom is -0.352 e. The van der Waals surface area contributed by atoms with Crippen molar-refractivity contribution in [1.29, 1.82) is 0 Å². The molecule has 2 rings (SSSR count). The molecule has 0 aliphatic carbocycles. The Morgan fingerprint density at radius 1 is 0.958 bits per heavy atom. The molecule has 1 atom stereocenters. The van der Waals surface area contributed by atoms with Gasteiger partial charge in [-0.3, -0.25) is 9.59 Å². The number of amides is 2. The normalized spacial score (nSPS) is 11.8. The summed E-state index contributed by atoms with van der Waals surface area (Å²) >= 11 is 0. The molecule has 24 heavy (non-hydrogen) atoms. The van der Waals surface area contributed by atoms with E-state index in [2.05, 4.69) is 24.5 Å². The number of hydrogen-bond acceptors (Lipinski definition) is 2. The SMILES string of the molecule is CC(=O)NCc1ccc(C(=O)N[C@H](c2ccccc2)C(C)C)cc1. The van der Waals surface area contributed by atoms with Gasteiger partial charge in [0.1, 0.15) is 0 Å². The van der Waals surface area contributed by atoms with E-state index in [0.29, 0.717) is 12.1 Å². The van der Waals surface area contributed by atoms with Gasteiger partial charge in [-0.1, -0.05) is 56.3 Å². The van der Waals surface area contributed by atoms with Crippen molar-refractivity contribution >= 4 is 11.8 Å². The number of nitrogens with one attached hydrogen (secondary N) is 2. The fraction of sp³-hybridized carbons (Fsp3) is 0.300. The van der Waals surface area contributed by atoms with Crippen LogP contribution in [-0.2, 0) is 11.3 Å². The van der Waals surface area contributed by atoms with Crippen molar-refractivity contribution in [3.8, 4) is 0 Å². The van der Waals surface area contributed by atoms with Gasteiger partial charge in [0.15, 0.2) is 0 Å². The lowest BCUT2D eigenvalue weighted by molar-refractivity contribution is -0.119. The molecule has 0 aliphatic rings. The lowest BCUT2D eigenvalue weighted by atomic mass is 9.95. The van der Waals surface area contributed by atoms with Gasteiger partial charge in [0.25, 0.3) is 5.91 Å². The fourth-order valence-corrected chi connectivity index (χ4v) is 2.52. The molecule has 4 heteroatoms. The Bertz CT molecular complexity index is 679. The topological polar surface area (TPSA) is 58.2 Å². The summed E-state index contributed by atoms with van der Waals surface area (Å²) < 4.78 is 0. The van der Waals surface area contributed by atoms with Crippen molar-refractivity contribution < 1.29 is 9.59 Å². The molecule has 0 fully saturated rings. The Labute approximate surface area is 143 Å². The van der Waals surface area contributed by atoms with Crippen LogP contribution in [0.1, 0.15) is 48.3 Å². The molecule has 0 unspecified atom stereocenters. The van der Waals surface area contributed by atoms with Gasteiger partial charge in [0.2, 0.25) is 5.91 Å². The molecule has 0 spiro atoms. The molecule has 126 valence electrons. The largest absolute Gasteiger partial charge is 0.352 e. The molecule has 2 N–H and O–H groups in total. The highest BCUT2D eigenvalue weighted by molar-refractivity contribution is 5.94. The molecule has 0 heterocycles. The van der Waals surface area contributed by atoms with Crippen molar-refractivity contribution in [2.24, 2.45) is 5.92 Å². The maximum Gasteiger partial charge on any atom is 0.251 e. The standard InChI is InChI=1S/C20H24N2O2/c1-14(2)19(17-7-5-4-6-8-17)22-20(24)18-11-9-16(10-12-18)13-21-15(3)23/h4-12,14,19H,13H2,1-3H3,(H,21,23)(H,22,24)/t19-/m0/s1. The van der Waals surface area contributed by atoms with Crippen LogP contribution in [0.4, 0.5) is 0 Å². The second-order valence-corrected chi connectivity index (χ2v) is 6.21. The first-order valence-corrected chi connectivity index (χ1v) is 8.16. The monoisotopic (exact) mass is 324 g/mol. The van der Waals surface area contributed by atoms with E-state index in [1.807, 2.05) is 42.5 Å². The highest BCUT2D eigenvalue weighted by Crippen LogP contribution is 2.22. The summed E-state index contributed by atoms with van der Waals surface area (Å²) in [7, 11) is 0. The van der Waals surface area contributed by atoms with Crippen LogP contribution >= 0.6 is 0 Å². The predicted molar refractivity (Wildman–Crippen MR) is 95.4 cm³/mol. The van der Waals surface area contributed by atoms with E-state index >= 15 is 0 Å². The number of rotatable bonds is 6. The summed E-state index contributed by atoms with van der Waals surface area (Å²) in [6.07, 6.45) is 0. The fourth-order valence-electron chi connectivity index (χ4n) is 2.52. The van der Waals surface area contributed by atoms with Crippen molar-refractivity contribution in [3.05, 3.63) is 71.3 Å². The minimum absolute atomic E-state index is 0.0299. The molecule has 2 aromatic carbocycles. The first-order valence-electron chi connectivity index (χ1n) is 8.16. The van der Waals surface area contributed by atoms with Crippen LogP contribution in [0.25, 0.3) is 0 Å². The van der Waals surface area contributed by atoms with Crippen LogP contribution < -0.4 is 10.6 Å². The van der Waals surface area contributed by atoms with Gasteiger partial charge < -0.3 is 10.6 Å². The average molecular weight is 324 g/mol. The van der Waals surface area contributed by atoms with Gasteiger partial charge in [0.05, 0.1) is 6.04 Å². The van der Waals surface area contributed by atoms with E-state index in [1.165, 1.54) is 6.92 Å². The Balaban J connectivity index is 2.06. The third-order valence-corrected chi connectivity index (χ3v) is 3.87. The second-order valence-electron chi connectivity index (χ2n) is 6.21. The summed E-state index contributed by atoms with van der Waals surface area (Å²) in [6, 6.07) is 17.2. The van der Waals surface area contributed by atoms with E-state index in [4.69, 9.17) is 0 Å². The summed E-state index contributed by atoms with van der Waals surface area (Å²) in [5.74, 6) is 0.124. The Morgan fingerprint density at radius 2 is 1.58 bits per heavy atom. The van der Waals surface area contributed by atoms with E-state index in [9.17, 15) is 9.59 Å². The highest BCUT2D eigenvalue weighted by Gasteiger charge is 2.18. The molecule has 0 saturated carbocycles. The minimum atomic E-state index is -0.0939. The zero-order valence-electron chi connectivity index (χ0n) is 14.4. The van der Waals surface area contributed by atoms with Crippen molar-refractivity contribution in [1.82, 2.24) is 10.6 Å². The molecule has 0 aliphatic heterocycles. The van der Waals surface area contributed by atoms with Crippen LogP contribution in [0, 0.1) is 5.92 Å². The molecule has 0 aromatic heterocycles. The third kappa shape index (κ3) is 4.95. The van der Waals surface area contributed by atoms with Gasteiger partial charge in [0, 0.05) is 19.0 Å². The predicted octanol–water partition coefficient (Wildman–Crippen LogP) is 3.45. The first kappa shape index (κ1) is 17.7. The number of carbonyl (C=O) groups excluding carboxylic acids is 2. The van der Waals surface area contributed by atoms with Crippen molar-refractivity contribution in [2.45, 2.75) is 33.4 Å². The molecule has 2 amide bonds. The molecular formula is C20H24N2O2. The van der Waals surface area contributed by atoms with Gasteiger partial charge >= 0.3 is 0 Å². The van der Waals surface area contributed by atoms with Crippen LogP contribution in [0.15, 0.2) is 54.6 Å². The summed E-state index contributed by atoms with van der Waals surface area (Å²) in [5.41, 5.74) is 2.68. The second kappa shape index (κ2) is 8.29. The maximum absolute atomic E-state index is 12.5. The molecule has 2 aromatic rings. The number of carbonyl (C=O) groups is 2. The van der Waals surface area contributed by atoms with E-state index < -0.39 is 0 Å². The lowest BCUT2D eigenvalue weighted by Crippen LogP contribution is -2.31. The van der Waals surface area contributed by atoms with Crippen molar-refractivity contribution in [2.75, 3.05) is 0 Å². The maximum atomic E-state index is 12.5. The lowest BCUT2D eigenvalue weighted by Gasteiger charge is -2.23. The Morgan fingerprint density at radius 3 is 2.12 bits per heavy atom. The van der Waals surface area contributed by atoms with Crippen molar-refractivity contribution in [3.63, 3.8) is 0 Å². The molecule has 0 bridgehead atoms. The summed E-state index contributed by atoms with van der Waals surface area (Å²) in [5, 5.41) is 5.85. The summed E-state index contributed by atoms with van der Waals surface area (Å²) in [4.78, 5) is 23.5. The van der Waals surface area contributed by atoms with E-state index in [1.54, 1.807) is 12.1 Å². The van der Waals surface area contributed by atoms with Gasteiger partial charge in [-0.15, -0.1) is 0 Å². The number of benzene rings is 2. The van der Waals surface area contributed by atoms with E-state index in [0.717, 1.165) is 11.1 Å². The van der Waals surface area contributed by atoms with E-state index in [-0.39, 0.29) is 23.8 Å². The quantitative estimate of drug-likeness (QED) is 0.855. The third-order valence-electron chi connectivity index (χ3n) is 3.87. The van der Waals surface area contributed by atoms with Crippen LogP contribution in [-0.4, -0.2) is 11.8 Å². The Hall–Kier alpha value is -2.62. The van der Waals surface area contributed by atoms with Gasteiger partial charge in [-0.2, -0.15) is 0 Å². The molecule has 4 nitrogen and oxygen atoms in total. The Kier molecular flexibility index (Phi) is 6.13.